The van der Waals surface area contributed by atoms with Crippen molar-refractivity contribution in [2.75, 3.05) is 16.8 Å². The zero-order valence-electron chi connectivity index (χ0n) is 12.9. The topological polar surface area (TPSA) is 58.1 Å². The smallest absolute Gasteiger partial charge is 0.227 e. The molecule has 0 saturated carbocycles. The van der Waals surface area contributed by atoms with Crippen molar-refractivity contribution in [2.24, 2.45) is 0 Å². The molecule has 1 aromatic heterocycles. The van der Waals surface area contributed by atoms with E-state index in [1.54, 1.807) is 0 Å². The second-order valence-electron chi connectivity index (χ2n) is 5.78. The fraction of sp³-hybridized carbons (Fsp3) is 0.438. The average Bonchev–Trinajstić information content (AvgIpc) is 3.15. The summed E-state index contributed by atoms with van der Waals surface area (Å²) >= 11 is 1.40. The van der Waals surface area contributed by atoms with Gasteiger partial charge in [0.25, 0.3) is 0 Å². The molecule has 1 aliphatic heterocycles. The number of rotatable bonds is 5. The molecular formula is C16H20N4OS. The van der Waals surface area contributed by atoms with Gasteiger partial charge < -0.3 is 10.2 Å². The van der Waals surface area contributed by atoms with Gasteiger partial charge in [0.05, 0.1) is 0 Å². The molecule has 1 N–H and O–H groups in total. The van der Waals surface area contributed by atoms with E-state index < -0.39 is 0 Å². The number of carbonyl (C=O) groups excluding carboxylic acids is 1. The molecule has 3 rings (SSSR count). The fourth-order valence-corrected chi connectivity index (χ4v) is 3.14. The van der Waals surface area contributed by atoms with Gasteiger partial charge in [-0.1, -0.05) is 26.0 Å². The van der Waals surface area contributed by atoms with E-state index in [1.807, 2.05) is 17.0 Å². The minimum absolute atomic E-state index is 0.223. The van der Waals surface area contributed by atoms with Crippen molar-refractivity contribution in [3.63, 3.8) is 0 Å². The summed E-state index contributed by atoms with van der Waals surface area (Å²) in [5.41, 5.74) is 2.15. The Balaban J connectivity index is 1.60. The van der Waals surface area contributed by atoms with Crippen LogP contribution in [0.4, 0.5) is 10.8 Å². The van der Waals surface area contributed by atoms with Crippen LogP contribution < -0.4 is 10.2 Å². The van der Waals surface area contributed by atoms with Gasteiger partial charge in [0.2, 0.25) is 11.0 Å². The van der Waals surface area contributed by atoms with Crippen LogP contribution in [-0.4, -0.2) is 21.8 Å². The quantitative estimate of drug-likeness (QED) is 0.918. The molecule has 1 fully saturated rings. The minimum atomic E-state index is 0.223. The summed E-state index contributed by atoms with van der Waals surface area (Å²) in [4.78, 5) is 18.0. The second kappa shape index (κ2) is 6.44. The van der Waals surface area contributed by atoms with Gasteiger partial charge in [0, 0.05) is 42.6 Å². The Morgan fingerprint density at radius 2 is 2.09 bits per heavy atom. The molecule has 0 spiro atoms. The highest BCUT2D eigenvalue weighted by Gasteiger charge is 2.21. The number of anilines is 2. The third-order valence-electron chi connectivity index (χ3n) is 3.72. The first-order valence-corrected chi connectivity index (χ1v) is 8.37. The Kier molecular flexibility index (Phi) is 4.38. The third-order valence-corrected chi connectivity index (χ3v) is 4.41. The number of amides is 1. The lowest BCUT2D eigenvalue weighted by molar-refractivity contribution is -0.117. The predicted molar refractivity (Wildman–Crippen MR) is 89.4 cm³/mol. The molecule has 6 heteroatoms. The van der Waals surface area contributed by atoms with Crippen LogP contribution >= 0.6 is 11.5 Å². The van der Waals surface area contributed by atoms with E-state index in [1.165, 1.54) is 11.5 Å². The summed E-state index contributed by atoms with van der Waals surface area (Å²) in [6, 6.07) is 8.14. The number of nitrogens with zero attached hydrogens (tertiary/aromatic N) is 3. The summed E-state index contributed by atoms with van der Waals surface area (Å²) in [6.45, 7) is 5.72. The lowest BCUT2D eigenvalue weighted by Crippen LogP contribution is -2.23. The van der Waals surface area contributed by atoms with Gasteiger partial charge in [-0.05, 0) is 24.1 Å². The molecule has 1 amide bonds. The average molecular weight is 316 g/mol. The maximum absolute atomic E-state index is 11.7. The molecule has 2 aromatic rings. The van der Waals surface area contributed by atoms with Gasteiger partial charge in [0.15, 0.2) is 0 Å². The van der Waals surface area contributed by atoms with Crippen LogP contribution in [0.2, 0.25) is 0 Å². The van der Waals surface area contributed by atoms with Crippen LogP contribution in [-0.2, 0) is 11.3 Å². The summed E-state index contributed by atoms with van der Waals surface area (Å²) in [6.07, 6.45) is 1.62. The molecule has 0 aliphatic carbocycles. The largest absolute Gasteiger partial charge is 0.356 e. The molecule has 5 nitrogen and oxygen atoms in total. The molecule has 2 heterocycles. The molecule has 0 bridgehead atoms. The molecule has 116 valence electrons. The van der Waals surface area contributed by atoms with Crippen LogP contribution in [0.25, 0.3) is 0 Å². The van der Waals surface area contributed by atoms with E-state index in [0.29, 0.717) is 18.9 Å². The van der Waals surface area contributed by atoms with Gasteiger partial charge in [-0.15, -0.1) is 0 Å². The number of nitrogens with one attached hydrogen (secondary N) is 1. The van der Waals surface area contributed by atoms with Crippen LogP contribution in [0.1, 0.15) is 44.0 Å². The van der Waals surface area contributed by atoms with E-state index in [-0.39, 0.29) is 5.91 Å². The summed E-state index contributed by atoms with van der Waals surface area (Å²) in [7, 11) is 0. The SMILES string of the molecule is CC(C)c1nsc(NCc2ccc(N3CCCC3=O)cc2)n1. The molecule has 1 saturated heterocycles. The summed E-state index contributed by atoms with van der Waals surface area (Å²) < 4.78 is 4.33. The number of carbonyl (C=O) groups is 1. The standard InChI is InChI=1S/C16H20N4OS/c1-11(2)15-18-16(22-19-15)17-10-12-5-7-13(8-6-12)20-9-3-4-14(20)21/h5-8,11H,3-4,9-10H2,1-2H3,(H,17,18,19). The van der Waals surface area contributed by atoms with E-state index in [2.05, 4.69) is 40.7 Å². The molecule has 1 aliphatic rings. The molecule has 0 atom stereocenters. The van der Waals surface area contributed by atoms with Crippen molar-refractivity contribution < 1.29 is 4.79 Å². The Labute approximate surface area is 134 Å². The van der Waals surface area contributed by atoms with Crippen molar-refractivity contribution >= 4 is 28.3 Å². The third kappa shape index (κ3) is 3.27. The van der Waals surface area contributed by atoms with Crippen molar-refractivity contribution in [1.82, 2.24) is 9.36 Å². The first-order valence-electron chi connectivity index (χ1n) is 7.60. The van der Waals surface area contributed by atoms with E-state index >= 15 is 0 Å². The molecule has 0 radical (unpaired) electrons. The summed E-state index contributed by atoms with van der Waals surface area (Å²) in [5, 5.41) is 4.15. The van der Waals surface area contributed by atoms with Crippen LogP contribution in [0.3, 0.4) is 0 Å². The van der Waals surface area contributed by atoms with E-state index in [0.717, 1.165) is 35.2 Å². The van der Waals surface area contributed by atoms with Crippen molar-refractivity contribution in [1.29, 1.82) is 0 Å². The molecule has 0 unspecified atom stereocenters. The number of hydrogen-bond donors (Lipinski definition) is 1. The molecule has 1 aromatic carbocycles. The van der Waals surface area contributed by atoms with Crippen molar-refractivity contribution in [3.05, 3.63) is 35.7 Å². The number of aromatic nitrogens is 2. The fourth-order valence-electron chi connectivity index (χ4n) is 2.43. The first kappa shape index (κ1) is 15.0. The Bertz CT molecular complexity index is 650. The number of benzene rings is 1. The van der Waals surface area contributed by atoms with Gasteiger partial charge >= 0.3 is 0 Å². The van der Waals surface area contributed by atoms with Crippen molar-refractivity contribution in [2.45, 2.75) is 39.2 Å². The molecule has 22 heavy (non-hydrogen) atoms. The zero-order chi connectivity index (χ0) is 15.5. The van der Waals surface area contributed by atoms with Gasteiger partial charge in [-0.25, -0.2) is 4.98 Å². The Hall–Kier alpha value is -1.95. The molecular weight excluding hydrogens is 296 g/mol. The van der Waals surface area contributed by atoms with Gasteiger partial charge in [-0.2, -0.15) is 4.37 Å². The van der Waals surface area contributed by atoms with Crippen molar-refractivity contribution in [3.8, 4) is 0 Å². The maximum atomic E-state index is 11.7. The Morgan fingerprint density at radius 3 is 2.68 bits per heavy atom. The minimum Gasteiger partial charge on any atom is -0.356 e. The highest BCUT2D eigenvalue weighted by molar-refractivity contribution is 7.09. The van der Waals surface area contributed by atoms with Crippen LogP contribution in [0.15, 0.2) is 24.3 Å². The lowest BCUT2D eigenvalue weighted by atomic mass is 10.2. The second-order valence-corrected chi connectivity index (χ2v) is 6.53. The van der Waals surface area contributed by atoms with Gasteiger partial charge in [-0.3, -0.25) is 4.79 Å². The lowest BCUT2D eigenvalue weighted by Gasteiger charge is -2.15. The van der Waals surface area contributed by atoms with E-state index in [4.69, 9.17) is 0 Å². The highest BCUT2D eigenvalue weighted by Crippen LogP contribution is 2.22. The maximum Gasteiger partial charge on any atom is 0.227 e. The predicted octanol–water partition coefficient (Wildman–Crippen LogP) is 3.40. The first-order chi connectivity index (χ1) is 10.6. The normalized spacial score (nSPS) is 14.9. The van der Waals surface area contributed by atoms with Gasteiger partial charge in [0.1, 0.15) is 5.82 Å². The number of hydrogen-bond acceptors (Lipinski definition) is 5. The highest BCUT2D eigenvalue weighted by atomic mass is 32.1. The summed E-state index contributed by atoms with van der Waals surface area (Å²) in [5.74, 6) is 1.46. The van der Waals surface area contributed by atoms with Crippen LogP contribution in [0.5, 0.6) is 0 Å². The van der Waals surface area contributed by atoms with Crippen LogP contribution in [0, 0.1) is 0 Å². The Morgan fingerprint density at radius 1 is 1.32 bits per heavy atom. The van der Waals surface area contributed by atoms with E-state index in [9.17, 15) is 4.79 Å². The monoisotopic (exact) mass is 316 g/mol. The zero-order valence-corrected chi connectivity index (χ0v) is 13.7.